The Balaban J connectivity index is 1.87. The highest BCUT2D eigenvalue weighted by molar-refractivity contribution is 7.89. The van der Waals surface area contributed by atoms with Crippen molar-refractivity contribution >= 4 is 10.0 Å². The van der Waals surface area contributed by atoms with Crippen LogP contribution in [0.1, 0.15) is 36.5 Å². The minimum Gasteiger partial charge on any atom is -0.387 e. The SMILES string of the molecule is Cc1cccc(C(O)CNS(=O)(=O)CC2CCC2)c1. The molecule has 0 bridgehead atoms. The summed E-state index contributed by atoms with van der Waals surface area (Å²) < 4.78 is 26.1. The summed E-state index contributed by atoms with van der Waals surface area (Å²) in [5.74, 6) is 0.488. The average molecular weight is 283 g/mol. The lowest BCUT2D eigenvalue weighted by molar-refractivity contribution is 0.181. The van der Waals surface area contributed by atoms with Gasteiger partial charge in [0, 0.05) is 6.54 Å². The Hall–Kier alpha value is -0.910. The van der Waals surface area contributed by atoms with Crippen molar-refractivity contribution in [3.63, 3.8) is 0 Å². The summed E-state index contributed by atoms with van der Waals surface area (Å²) >= 11 is 0. The fourth-order valence-corrected chi connectivity index (χ4v) is 3.71. The molecule has 0 radical (unpaired) electrons. The van der Waals surface area contributed by atoms with Crippen molar-refractivity contribution < 1.29 is 13.5 Å². The van der Waals surface area contributed by atoms with Gasteiger partial charge >= 0.3 is 0 Å². The van der Waals surface area contributed by atoms with E-state index < -0.39 is 16.1 Å². The number of rotatable bonds is 6. The summed E-state index contributed by atoms with van der Waals surface area (Å²) in [6.07, 6.45) is 2.34. The molecule has 1 unspecified atom stereocenters. The van der Waals surface area contributed by atoms with E-state index in [-0.39, 0.29) is 12.3 Å². The number of nitrogens with one attached hydrogen (secondary N) is 1. The van der Waals surface area contributed by atoms with E-state index in [1.807, 2.05) is 25.1 Å². The Bertz CT molecular complexity index is 523. The van der Waals surface area contributed by atoms with Crippen molar-refractivity contribution in [1.82, 2.24) is 4.72 Å². The third-order valence-corrected chi connectivity index (χ3v) is 5.12. The second-order valence-corrected chi connectivity index (χ2v) is 7.21. The highest BCUT2D eigenvalue weighted by atomic mass is 32.2. The topological polar surface area (TPSA) is 66.4 Å². The van der Waals surface area contributed by atoms with E-state index in [0.29, 0.717) is 5.92 Å². The first-order chi connectivity index (χ1) is 8.96. The zero-order valence-electron chi connectivity index (χ0n) is 11.2. The van der Waals surface area contributed by atoms with Gasteiger partial charge in [0.05, 0.1) is 11.9 Å². The quantitative estimate of drug-likeness (QED) is 0.836. The van der Waals surface area contributed by atoms with Crippen LogP contribution in [0.5, 0.6) is 0 Å². The molecule has 19 heavy (non-hydrogen) atoms. The van der Waals surface area contributed by atoms with Crippen LogP contribution in [0, 0.1) is 12.8 Å². The van der Waals surface area contributed by atoms with Gasteiger partial charge < -0.3 is 5.11 Å². The summed E-state index contributed by atoms with van der Waals surface area (Å²) in [6.45, 7) is 1.98. The highest BCUT2D eigenvalue weighted by Gasteiger charge is 2.24. The van der Waals surface area contributed by atoms with Crippen molar-refractivity contribution in [1.29, 1.82) is 0 Å². The molecule has 0 aliphatic heterocycles. The van der Waals surface area contributed by atoms with Crippen LogP contribution in [0.15, 0.2) is 24.3 Å². The standard InChI is InChI=1S/C14H21NO3S/c1-11-4-2-7-13(8-11)14(16)9-15-19(17,18)10-12-5-3-6-12/h2,4,7-8,12,14-16H,3,5-6,9-10H2,1H3. The Kier molecular flexibility index (Phi) is 4.60. The van der Waals surface area contributed by atoms with E-state index >= 15 is 0 Å². The van der Waals surface area contributed by atoms with E-state index in [0.717, 1.165) is 30.4 Å². The molecule has 1 aliphatic carbocycles. The van der Waals surface area contributed by atoms with Gasteiger partial charge in [-0.25, -0.2) is 13.1 Å². The first kappa shape index (κ1) is 14.5. The molecule has 0 aromatic heterocycles. The molecule has 2 rings (SSSR count). The van der Waals surface area contributed by atoms with E-state index in [2.05, 4.69) is 4.72 Å². The minimum atomic E-state index is -3.26. The molecule has 0 amide bonds. The maximum absolute atomic E-state index is 11.8. The largest absolute Gasteiger partial charge is 0.387 e. The highest BCUT2D eigenvalue weighted by Crippen LogP contribution is 2.27. The molecule has 0 spiro atoms. The molecule has 2 N–H and O–H groups in total. The normalized spacial score (nSPS) is 18.0. The zero-order chi connectivity index (χ0) is 13.9. The van der Waals surface area contributed by atoms with E-state index in [1.54, 1.807) is 6.07 Å². The van der Waals surface area contributed by atoms with Gasteiger partial charge in [-0.15, -0.1) is 0 Å². The molecular formula is C14H21NO3S. The lowest BCUT2D eigenvalue weighted by Crippen LogP contribution is -2.34. The van der Waals surface area contributed by atoms with Crippen molar-refractivity contribution in [2.75, 3.05) is 12.3 Å². The van der Waals surface area contributed by atoms with E-state index in [1.165, 1.54) is 0 Å². The second kappa shape index (κ2) is 6.03. The van der Waals surface area contributed by atoms with Crippen molar-refractivity contribution in [2.45, 2.75) is 32.3 Å². The molecule has 1 atom stereocenters. The van der Waals surface area contributed by atoms with E-state index in [9.17, 15) is 13.5 Å². The van der Waals surface area contributed by atoms with Crippen LogP contribution in [0.2, 0.25) is 0 Å². The van der Waals surface area contributed by atoms with Gasteiger partial charge in [-0.1, -0.05) is 36.2 Å². The van der Waals surface area contributed by atoms with Crippen LogP contribution in [0.3, 0.4) is 0 Å². The fraction of sp³-hybridized carbons (Fsp3) is 0.571. The predicted molar refractivity (Wildman–Crippen MR) is 75.3 cm³/mol. The summed E-state index contributed by atoms with van der Waals surface area (Å²) in [5, 5.41) is 9.99. The smallest absolute Gasteiger partial charge is 0.211 e. The van der Waals surface area contributed by atoms with Crippen LogP contribution in [0.4, 0.5) is 0 Å². The molecule has 0 heterocycles. The van der Waals surface area contributed by atoms with Gasteiger partial charge in [-0.05, 0) is 31.2 Å². The summed E-state index contributed by atoms with van der Waals surface area (Å²) in [7, 11) is -3.26. The first-order valence-electron chi connectivity index (χ1n) is 6.68. The van der Waals surface area contributed by atoms with Crippen LogP contribution < -0.4 is 4.72 Å². The number of aryl methyl sites for hydroxylation is 1. The average Bonchev–Trinajstić information content (AvgIpc) is 2.31. The molecule has 5 heteroatoms. The maximum Gasteiger partial charge on any atom is 0.211 e. The minimum absolute atomic E-state index is 0.0402. The van der Waals surface area contributed by atoms with Gasteiger partial charge in [-0.3, -0.25) is 0 Å². The molecule has 0 saturated heterocycles. The molecule has 1 saturated carbocycles. The van der Waals surface area contributed by atoms with Crippen molar-refractivity contribution in [3.05, 3.63) is 35.4 Å². The Labute approximate surface area is 114 Å². The number of aliphatic hydroxyl groups is 1. The molecule has 4 nitrogen and oxygen atoms in total. The summed E-state index contributed by atoms with van der Waals surface area (Å²) in [5.41, 5.74) is 1.79. The number of aliphatic hydroxyl groups excluding tert-OH is 1. The van der Waals surface area contributed by atoms with E-state index in [4.69, 9.17) is 0 Å². The number of benzene rings is 1. The lowest BCUT2D eigenvalue weighted by Gasteiger charge is -2.25. The fourth-order valence-electron chi connectivity index (χ4n) is 2.23. The second-order valence-electron chi connectivity index (χ2n) is 5.36. The van der Waals surface area contributed by atoms with Crippen LogP contribution in [-0.2, 0) is 10.0 Å². The van der Waals surface area contributed by atoms with Crippen LogP contribution in [-0.4, -0.2) is 25.8 Å². The molecule has 106 valence electrons. The van der Waals surface area contributed by atoms with Gasteiger partial charge in [0.15, 0.2) is 0 Å². The maximum atomic E-state index is 11.8. The van der Waals surface area contributed by atoms with Gasteiger partial charge in [-0.2, -0.15) is 0 Å². The molecular weight excluding hydrogens is 262 g/mol. The van der Waals surface area contributed by atoms with Crippen molar-refractivity contribution in [2.24, 2.45) is 5.92 Å². The molecule has 1 aromatic carbocycles. The number of sulfonamides is 1. The number of hydrogen-bond donors (Lipinski definition) is 2. The van der Waals surface area contributed by atoms with Gasteiger partial charge in [0.25, 0.3) is 0 Å². The van der Waals surface area contributed by atoms with Gasteiger partial charge in [0.1, 0.15) is 0 Å². The molecule has 1 fully saturated rings. The summed E-state index contributed by atoms with van der Waals surface area (Å²) in [6, 6.07) is 7.47. The molecule has 1 aliphatic rings. The lowest BCUT2D eigenvalue weighted by atomic mass is 9.87. The van der Waals surface area contributed by atoms with Crippen LogP contribution in [0.25, 0.3) is 0 Å². The molecule has 1 aromatic rings. The third-order valence-electron chi connectivity index (χ3n) is 3.60. The first-order valence-corrected chi connectivity index (χ1v) is 8.33. The monoisotopic (exact) mass is 283 g/mol. The number of hydrogen-bond acceptors (Lipinski definition) is 3. The Morgan fingerprint density at radius 3 is 2.74 bits per heavy atom. The summed E-state index contributed by atoms with van der Waals surface area (Å²) in [4.78, 5) is 0. The predicted octanol–water partition coefficient (Wildman–Crippen LogP) is 1.75. The third kappa shape index (κ3) is 4.30. The zero-order valence-corrected chi connectivity index (χ0v) is 12.0. The van der Waals surface area contributed by atoms with Crippen molar-refractivity contribution in [3.8, 4) is 0 Å². The Morgan fingerprint density at radius 2 is 2.16 bits per heavy atom. The Morgan fingerprint density at radius 1 is 1.42 bits per heavy atom. The van der Waals surface area contributed by atoms with Crippen LogP contribution >= 0.6 is 0 Å². The van der Waals surface area contributed by atoms with Gasteiger partial charge in [0.2, 0.25) is 10.0 Å².